The predicted octanol–water partition coefficient (Wildman–Crippen LogP) is 3.18. The fourth-order valence-electron chi connectivity index (χ4n) is 2.94. The number of nitro groups is 1. The largest absolute Gasteiger partial charge is 0.342 e. The fraction of sp³-hybridized carbons (Fsp3) is 0.400. The first-order chi connectivity index (χ1) is 12.4. The van der Waals surface area contributed by atoms with E-state index in [1.807, 2.05) is 36.4 Å². The number of nitrogens with two attached hydrogens (primary N) is 1. The van der Waals surface area contributed by atoms with Gasteiger partial charge in [0.1, 0.15) is 0 Å². The topological polar surface area (TPSA) is 87.6 Å². The first-order valence-corrected chi connectivity index (χ1v) is 8.59. The van der Waals surface area contributed by atoms with Gasteiger partial charge in [-0.1, -0.05) is 67.6 Å². The molecular weight excluding hydrogens is 332 g/mol. The Morgan fingerprint density at radius 1 is 1.00 bits per heavy atom. The smallest absolute Gasteiger partial charge is 0.222 e. The van der Waals surface area contributed by atoms with Gasteiger partial charge in [0.15, 0.2) is 7.05 Å². The highest BCUT2D eigenvalue weighted by atomic mass is 16.7. The van der Waals surface area contributed by atoms with E-state index >= 15 is 0 Å². The lowest BCUT2D eigenvalue weighted by atomic mass is 9.86. The Morgan fingerprint density at radius 2 is 1.38 bits per heavy atom. The summed E-state index contributed by atoms with van der Waals surface area (Å²) in [6.45, 7) is 4.08. The molecule has 0 amide bonds. The van der Waals surface area contributed by atoms with E-state index in [1.165, 1.54) is 0 Å². The summed E-state index contributed by atoms with van der Waals surface area (Å²) in [6.07, 6.45) is 0.895. The molecule has 0 unspecified atom stereocenters. The molecule has 2 aromatic rings. The highest BCUT2D eigenvalue weighted by Crippen LogP contribution is 2.42. The minimum atomic E-state index is -0.823. The van der Waals surface area contributed by atoms with Crippen LogP contribution in [-0.4, -0.2) is 31.7 Å². The van der Waals surface area contributed by atoms with Crippen LogP contribution in [0, 0.1) is 15.5 Å². The molecule has 1 fully saturated rings. The molecule has 1 saturated heterocycles. The van der Waals surface area contributed by atoms with Crippen molar-refractivity contribution in [1.82, 2.24) is 0 Å². The molecule has 0 aliphatic carbocycles. The first-order valence-electron chi connectivity index (χ1n) is 8.59. The van der Waals surface area contributed by atoms with Crippen LogP contribution in [0.5, 0.6) is 0 Å². The minimum absolute atomic E-state index is 0.0260. The Hall–Kier alpha value is -2.28. The summed E-state index contributed by atoms with van der Waals surface area (Å²) in [6, 6.07) is 20.3. The van der Waals surface area contributed by atoms with E-state index in [0.717, 1.165) is 24.6 Å². The van der Waals surface area contributed by atoms with E-state index in [9.17, 15) is 0 Å². The average Bonchev–Trinajstić information content (AvgIpc) is 2.64. The van der Waals surface area contributed by atoms with E-state index < -0.39 is 10.7 Å². The monoisotopic (exact) mass is 358 g/mol. The van der Waals surface area contributed by atoms with E-state index in [-0.39, 0.29) is 5.41 Å². The number of hydrogen-bond donors (Lipinski definition) is 1. The lowest BCUT2D eigenvalue weighted by molar-refractivity contribution is -0.445. The number of ether oxygens (including phenoxy) is 2. The zero-order valence-electron chi connectivity index (χ0n) is 15.3. The molecule has 1 aliphatic rings. The van der Waals surface area contributed by atoms with Crippen LogP contribution in [0.25, 0.3) is 0 Å². The highest BCUT2D eigenvalue weighted by Gasteiger charge is 2.44. The van der Waals surface area contributed by atoms with E-state index in [1.54, 1.807) is 0 Å². The summed E-state index contributed by atoms with van der Waals surface area (Å²) in [5.41, 5.74) is 7.75. The Labute approximate surface area is 154 Å². The Bertz CT molecular complexity index is 638. The summed E-state index contributed by atoms with van der Waals surface area (Å²) in [7, 11) is 0.889. The maximum Gasteiger partial charge on any atom is 0.222 e. The minimum Gasteiger partial charge on any atom is -0.342 e. The van der Waals surface area contributed by atoms with Gasteiger partial charge in [-0.3, -0.25) is 10.1 Å². The maximum atomic E-state index is 8.81. The Morgan fingerprint density at radius 3 is 1.73 bits per heavy atom. The van der Waals surface area contributed by atoms with Crippen molar-refractivity contribution in [2.75, 3.05) is 26.8 Å². The summed E-state index contributed by atoms with van der Waals surface area (Å²) < 4.78 is 12.7. The van der Waals surface area contributed by atoms with Crippen molar-refractivity contribution in [3.8, 4) is 0 Å². The van der Waals surface area contributed by atoms with Crippen molar-refractivity contribution in [3.63, 3.8) is 0 Å². The Balaban J connectivity index is 0.000000552. The van der Waals surface area contributed by atoms with Gasteiger partial charge >= 0.3 is 0 Å². The first kappa shape index (κ1) is 20.0. The predicted molar refractivity (Wildman–Crippen MR) is 100 cm³/mol. The van der Waals surface area contributed by atoms with Gasteiger partial charge in [0.05, 0.1) is 13.2 Å². The van der Waals surface area contributed by atoms with Gasteiger partial charge in [0.25, 0.3) is 0 Å². The van der Waals surface area contributed by atoms with E-state index in [0.29, 0.717) is 19.8 Å². The molecule has 140 valence electrons. The number of rotatable bonds is 4. The van der Waals surface area contributed by atoms with Crippen molar-refractivity contribution < 1.29 is 14.4 Å². The van der Waals surface area contributed by atoms with Crippen LogP contribution >= 0.6 is 0 Å². The van der Waals surface area contributed by atoms with Crippen LogP contribution in [0.3, 0.4) is 0 Å². The summed E-state index contributed by atoms with van der Waals surface area (Å²) in [5, 5.41) is 8.81. The zero-order chi connectivity index (χ0) is 19.0. The number of benzene rings is 2. The average molecular weight is 358 g/mol. The molecule has 2 N–H and O–H groups in total. The van der Waals surface area contributed by atoms with Gasteiger partial charge in [-0.15, -0.1) is 0 Å². The normalized spacial score (nSPS) is 17.7. The van der Waals surface area contributed by atoms with Gasteiger partial charge in [-0.05, 0) is 13.0 Å². The van der Waals surface area contributed by atoms with Crippen molar-refractivity contribution in [2.45, 2.75) is 19.1 Å². The SMILES string of the molecule is CC1(CCN)COC(c2ccccc2)(c2ccccc2)OC1.C[N+](=O)[O-]. The van der Waals surface area contributed by atoms with Gasteiger partial charge in [0, 0.05) is 21.5 Å². The second-order valence-corrected chi connectivity index (χ2v) is 6.72. The van der Waals surface area contributed by atoms with Crippen LogP contribution in [0.1, 0.15) is 24.5 Å². The number of nitrogens with zero attached hydrogens (tertiary/aromatic N) is 1. The van der Waals surface area contributed by atoms with Crippen LogP contribution in [0.4, 0.5) is 0 Å². The third kappa shape index (κ3) is 4.88. The van der Waals surface area contributed by atoms with Crippen molar-refractivity contribution in [1.29, 1.82) is 0 Å². The fourth-order valence-corrected chi connectivity index (χ4v) is 2.94. The molecule has 0 bridgehead atoms. The quantitative estimate of drug-likeness (QED) is 0.670. The molecule has 0 aromatic heterocycles. The highest BCUT2D eigenvalue weighted by molar-refractivity contribution is 5.34. The molecule has 1 heterocycles. The van der Waals surface area contributed by atoms with Crippen LogP contribution < -0.4 is 5.73 Å². The summed E-state index contributed by atoms with van der Waals surface area (Å²) in [5.74, 6) is -0.823. The second-order valence-electron chi connectivity index (χ2n) is 6.72. The second kappa shape index (κ2) is 8.89. The zero-order valence-corrected chi connectivity index (χ0v) is 15.3. The third-order valence-corrected chi connectivity index (χ3v) is 4.30. The molecule has 1 aliphatic heterocycles. The molecule has 0 saturated carbocycles. The van der Waals surface area contributed by atoms with Crippen LogP contribution in [-0.2, 0) is 15.3 Å². The molecule has 2 aromatic carbocycles. The van der Waals surface area contributed by atoms with Crippen molar-refractivity contribution in [2.24, 2.45) is 11.1 Å². The molecule has 6 nitrogen and oxygen atoms in total. The van der Waals surface area contributed by atoms with Gasteiger partial charge in [0.2, 0.25) is 5.79 Å². The Kier molecular flexibility index (Phi) is 6.85. The van der Waals surface area contributed by atoms with E-state index in [2.05, 4.69) is 31.2 Å². The standard InChI is InChI=1S/C19H23NO2.CH3NO2/c1-18(12-13-20)14-21-19(22-15-18,16-8-4-2-5-9-16)17-10-6-3-7-11-17;1-2(3)4/h2-11H,12-15,20H2,1H3;1H3. The van der Waals surface area contributed by atoms with Gasteiger partial charge in [-0.2, -0.15) is 0 Å². The summed E-state index contributed by atoms with van der Waals surface area (Å²) >= 11 is 0. The van der Waals surface area contributed by atoms with Crippen LogP contribution in [0.15, 0.2) is 60.7 Å². The van der Waals surface area contributed by atoms with Crippen molar-refractivity contribution in [3.05, 3.63) is 81.9 Å². The van der Waals surface area contributed by atoms with Gasteiger partial charge < -0.3 is 15.2 Å². The molecule has 26 heavy (non-hydrogen) atoms. The molecule has 3 rings (SSSR count). The molecule has 0 radical (unpaired) electrons. The summed E-state index contributed by atoms with van der Waals surface area (Å²) in [4.78, 5) is 8.31. The lowest BCUT2D eigenvalue weighted by Gasteiger charge is -2.45. The lowest BCUT2D eigenvalue weighted by Crippen LogP contribution is -2.48. The maximum absolute atomic E-state index is 8.81. The molecular formula is C20H26N2O4. The number of hydrogen-bond acceptors (Lipinski definition) is 5. The molecule has 0 atom stereocenters. The van der Waals surface area contributed by atoms with Gasteiger partial charge in [-0.25, -0.2) is 0 Å². The van der Waals surface area contributed by atoms with E-state index in [4.69, 9.17) is 25.3 Å². The van der Waals surface area contributed by atoms with Crippen LogP contribution in [0.2, 0.25) is 0 Å². The molecule has 6 heteroatoms. The third-order valence-electron chi connectivity index (χ3n) is 4.30. The van der Waals surface area contributed by atoms with Crippen molar-refractivity contribution >= 4 is 0 Å². The molecule has 0 spiro atoms.